The van der Waals surface area contributed by atoms with E-state index in [1.165, 1.54) is 12.1 Å². The van der Waals surface area contributed by atoms with E-state index in [-0.39, 0.29) is 6.10 Å². The Kier molecular flexibility index (Phi) is 1.39. The summed E-state index contributed by atoms with van der Waals surface area (Å²) in [6, 6.07) is 3.44. The summed E-state index contributed by atoms with van der Waals surface area (Å²) >= 11 is 0. The Labute approximate surface area is 62.6 Å². The Morgan fingerprint density at radius 2 is 1.73 bits per heavy atom. The maximum atomic E-state index is 12.5. The van der Waals surface area contributed by atoms with Crippen LogP contribution in [0.1, 0.15) is 11.7 Å². The SMILES string of the molecule is Fc1cc(F)cc([C@H]2CO2)c1. The molecule has 0 bridgehead atoms. The van der Waals surface area contributed by atoms with Gasteiger partial charge in [0.25, 0.3) is 0 Å². The second-order valence-electron chi connectivity index (χ2n) is 2.52. The van der Waals surface area contributed by atoms with Crippen molar-refractivity contribution >= 4 is 0 Å². The summed E-state index contributed by atoms with van der Waals surface area (Å²) in [5, 5.41) is 0. The summed E-state index contributed by atoms with van der Waals surface area (Å²) in [4.78, 5) is 0. The van der Waals surface area contributed by atoms with Crippen LogP contribution in [0.25, 0.3) is 0 Å². The summed E-state index contributed by atoms with van der Waals surface area (Å²) < 4.78 is 29.9. The van der Waals surface area contributed by atoms with Crippen molar-refractivity contribution in [3.8, 4) is 0 Å². The highest BCUT2D eigenvalue weighted by Gasteiger charge is 2.25. The lowest BCUT2D eigenvalue weighted by atomic mass is 10.1. The van der Waals surface area contributed by atoms with Gasteiger partial charge in [-0.1, -0.05) is 0 Å². The lowest BCUT2D eigenvalue weighted by molar-refractivity contribution is 0.413. The molecule has 58 valence electrons. The normalized spacial score (nSPS) is 21.8. The number of epoxide rings is 1. The highest BCUT2D eigenvalue weighted by molar-refractivity contribution is 5.22. The lowest BCUT2D eigenvalue weighted by Crippen LogP contribution is -1.85. The van der Waals surface area contributed by atoms with Crippen LogP contribution in [-0.4, -0.2) is 6.61 Å². The summed E-state index contributed by atoms with van der Waals surface area (Å²) in [7, 11) is 0. The first kappa shape index (κ1) is 6.73. The quantitative estimate of drug-likeness (QED) is 0.567. The first-order chi connectivity index (χ1) is 5.25. The summed E-state index contributed by atoms with van der Waals surface area (Å²) in [5.74, 6) is -1.09. The van der Waals surface area contributed by atoms with Crippen molar-refractivity contribution in [1.29, 1.82) is 0 Å². The minimum atomic E-state index is -0.546. The Morgan fingerprint density at radius 1 is 1.18 bits per heavy atom. The number of hydrogen-bond acceptors (Lipinski definition) is 1. The van der Waals surface area contributed by atoms with E-state index in [0.29, 0.717) is 12.2 Å². The Bertz CT molecular complexity index is 261. The first-order valence-electron chi connectivity index (χ1n) is 3.33. The van der Waals surface area contributed by atoms with Crippen LogP contribution in [0.3, 0.4) is 0 Å². The van der Waals surface area contributed by atoms with E-state index >= 15 is 0 Å². The van der Waals surface area contributed by atoms with Crippen molar-refractivity contribution in [3.63, 3.8) is 0 Å². The fraction of sp³-hybridized carbons (Fsp3) is 0.250. The molecular formula is C8H6F2O. The molecule has 1 aliphatic heterocycles. The number of rotatable bonds is 1. The molecule has 0 saturated carbocycles. The van der Waals surface area contributed by atoms with Crippen molar-refractivity contribution in [3.05, 3.63) is 35.4 Å². The average Bonchev–Trinajstić information content (AvgIpc) is 2.64. The predicted molar refractivity (Wildman–Crippen MR) is 35.1 cm³/mol. The second kappa shape index (κ2) is 2.27. The van der Waals surface area contributed by atoms with Crippen LogP contribution in [0.4, 0.5) is 8.78 Å². The minimum absolute atomic E-state index is 0.0831. The lowest BCUT2D eigenvalue weighted by Gasteiger charge is -1.95. The molecule has 0 radical (unpaired) electrons. The molecule has 1 aromatic carbocycles. The molecule has 1 aromatic rings. The van der Waals surface area contributed by atoms with E-state index in [2.05, 4.69) is 0 Å². The third-order valence-corrected chi connectivity index (χ3v) is 1.59. The average molecular weight is 156 g/mol. The molecule has 1 nitrogen and oxygen atoms in total. The molecule has 0 amide bonds. The Hall–Kier alpha value is -0.960. The van der Waals surface area contributed by atoms with Gasteiger partial charge in [-0.15, -0.1) is 0 Å². The molecule has 1 saturated heterocycles. The zero-order chi connectivity index (χ0) is 7.84. The van der Waals surface area contributed by atoms with Gasteiger partial charge in [0.1, 0.15) is 17.7 Å². The third kappa shape index (κ3) is 1.38. The van der Waals surface area contributed by atoms with Gasteiger partial charge in [-0.05, 0) is 17.7 Å². The second-order valence-corrected chi connectivity index (χ2v) is 2.52. The van der Waals surface area contributed by atoms with E-state index in [9.17, 15) is 8.78 Å². The van der Waals surface area contributed by atoms with Gasteiger partial charge in [0.15, 0.2) is 0 Å². The fourth-order valence-electron chi connectivity index (χ4n) is 1.00. The molecule has 0 aliphatic carbocycles. The predicted octanol–water partition coefficient (Wildman–Crippen LogP) is 2.04. The zero-order valence-corrected chi connectivity index (χ0v) is 5.68. The van der Waals surface area contributed by atoms with Crippen molar-refractivity contribution < 1.29 is 13.5 Å². The van der Waals surface area contributed by atoms with Crippen molar-refractivity contribution in [1.82, 2.24) is 0 Å². The van der Waals surface area contributed by atoms with Gasteiger partial charge < -0.3 is 4.74 Å². The van der Waals surface area contributed by atoms with Gasteiger partial charge >= 0.3 is 0 Å². The minimum Gasteiger partial charge on any atom is -0.368 e. The topological polar surface area (TPSA) is 12.5 Å². The highest BCUT2D eigenvalue weighted by Crippen LogP contribution is 2.30. The van der Waals surface area contributed by atoms with Crippen LogP contribution in [0.5, 0.6) is 0 Å². The summed E-state index contributed by atoms with van der Waals surface area (Å²) in [6.45, 7) is 0.572. The molecule has 2 rings (SSSR count). The van der Waals surface area contributed by atoms with Gasteiger partial charge in [0.2, 0.25) is 0 Å². The van der Waals surface area contributed by atoms with E-state index in [4.69, 9.17) is 4.74 Å². The Balaban J connectivity index is 2.39. The molecule has 11 heavy (non-hydrogen) atoms. The van der Waals surface area contributed by atoms with Crippen molar-refractivity contribution in [2.24, 2.45) is 0 Å². The van der Waals surface area contributed by atoms with Crippen molar-refractivity contribution in [2.45, 2.75) is 6.10 Å². The van der Waals surface area contributed by atoms with Crippen LogP contribution >= 0.6 is 0 Å². The van der Waals surface area contributed by atoms with E-state index in [1.807, 2.05) is 0 Å². The maximum Gasteiger partial charge on any atom is 0.126 e. The number of benzene rings is 1. The molecular weight excluding hydrogens is 150 g/mol. The molecule has 0 N–H and O–H groups in total. The highest BCUT2D eigenvalue weighted by atomic mass is 19.1. The van der Waals surface area contributed by atoms with Crippen LogP contribution in [0.2, 0.25) is 0 Å². The third-order valence-electron chi connectivity index (χ3n) is 1.59. The molecule has 1 aliphatic rings. The number of ether oxygens (including phenoxy) is 1. The smallest absolute Gasteiger partial charge is 0.126 e. The Morgan fingerprint density at radius 3 is 2.18 bits per heavy atom. The molecule has 0 unspecified atom stereocenters. The molecule has 1 atom stereocenters. The van der Waals surface area contributed by atoms with E-state index in [1.54, 1.807) is 0 Å². The summed E-state index contributed by atoms with van der Waals surface area (Å²) in [5.41, 5.74) is 0.586. The number of halogens is 2. The molecule has 0 aromatic heterocycles. The van der Waals surface area contributed by atoms with Gasteiger partial charge in [-0.2, -0.15) is 0 Å². The van der Waals surface area contributed by atoms with Crippen LogP contribution in [0.15, 0.2) is 18.2 Å². The van der Waals surface area contributed by atoms with Crippen LogP contribution in [-0.2, 0) is 4.74 Å². The number of hydrogen-bond donors (Lipinski definition) is 0. The largest absolute Gasteiger partial charge is 0.368 e. The van der Waals surface area contributed by atoms with Gasteiger partial charge in [-0.25, -0.2) is 8.78 Å². The summed E-state index contributed by atoms with van der Waals surface area (Å²) in [6.07, 6.45) is -0.0831. The maximum absolute atomic E-state index is 12.5. The molecule has 3 heteroatoms. The molecule has 1 heterocycles. The van der Waals surface area contributed by atoms with Crippen LogP contribution < -0.4 is 0 Å². The van der Waals surface area contributed by atoms with Gasteiger partial charge in [0.05, 0.1) is 6.61 Å². The van der Waals surface area contributed by atoms with Crippen molar-refractivity contribution in [2.75, 3.05) is 6.61 Å². The molecule has 0 spiro atoms. The van der Waals surface area contributed by atoms with E-state index in [0.717, 1.165) is 6.07 Å². The zero-order valence-electron chi connectivity index (χ0n) is 5.68. The van der Waals surface area contributed by atoms with Gasteiger partial charge in [-0.3, -0.25) is 0 Å². The fourth-order valence-corrected chi connectivity index (χ4v) is 1.00. The monoisotopic (exact) mass is 156 g/mol. The molecule has 1 fully saturated rings. The van der Waals surface area contributed by atoms with Crippen LogP contribution in [0, 0.1) is 11.6 Å². The first-order valence-corrected chi connectivity index (χ1v) is 3.33. The standard InChI is InChI=1S/C8H6F2O/c9-6-1-5(8-4-11-8)2-7(10)3-6/h1-3,8H,4H2/t8-/m1/s1. The van der Waals surface area contributed by atoms with Gasteiger partial charge in [0, 0.05) is 6.07 Å². The van der Waals surface area contributed by atoms with E-state index < -0.39 is 11.6 Å².